The summed E-state index contributed by atoms with van der Waals surface area (Å²) < 4.78 is 0. The van der Waals surface area contributed by atoms with Gasteiger partial charge < -0.3 is 10.2 Å². The average Bonchev–Trinajstić information content (AvgIpc) is 2.96. The molecule has 8 heteroatoms. The Morgan fingerprint density at radius 1 is 1.00 bits per heavy atom. The fourth-order valence-electron chi connectivity index (χ4n) is 3.79. The smallest absolute Gasteiger partial charge is 0.264 e. The number of hydrogen-bond acceptors (Lipinski definition) is 6. The number of thiophene rings is 1. The molecule has 2 amide bonds. The summed E-state index contributed by atoms with van der Waals surface area (Å²) in [7, 11) is 0. The van der Waals surface area contributed by atoms with Crippen LogP contribution in [0.4, 0.5) is 0 Å². The standard InChI is InChI=1S/C23H35N5O2S/c1-14-17-15(2)24-21(22(3,4)5)25-19(17)31-18(14)20(30)28-11-9-27(10-12-28)13-16(29)26-23(6,7)8/h9-13H2,1-8H3,(H,26,29). The molecule has 0 spiro atoms. The predicted molar refractivity (Wildman–Crippen MR) is 126 cm³/mol. The van der Waals surface area contributed by atoms with Gasteiger partial charge in [0, 0.05) is 42.5 Å². The van der Waals surface area contributed by atoms with Crippen molar-refractivity contribution in [2.24, 2.45) is 0 Å². The number of piperazine rings is 1. The maximum absolute atomic E-state index is 13.3. The number of aromatic nitrogens is 2. The average molecular weight is 446 g/mol. The van der Waals surface area contributed by atoms with Gasteiger partial charge in [0.2, 0.25) is 5.91 Å². The second-order valence-electron chi connectivity index (χ2n) is 10.5. The van der Waals surface area contributed by atoms with E-state index in [1.165, 1.54) is 11.3 Å². The molecule has 31 heavy (non-hydrogen) atoms. The number of hydrogen-bond donors (Lipinski definition) is 1. The summed E-state index contributed by atoms with van der Waals surface area (Å²) in [6.45, 7) is 19.2. The highest BCUT2D eigenvalue weighted by molar-refractivity contribution is 7.20. The van der Waals surface area contributed by atoms with Crippen LogP contribution in [-0.2, 0) is 10.2 Å². The highest BCUT2D eigenvalue weighted by atomic mass is 32.1. The number of rotatable bonds is 3. The SMILES string of the molecule is Cc1nc(C(C)(C)C)nc2sc(C(=O)N3CCN(CC(=O)NC(C)(C)C)CC3)c(C)c12. The quantitative estimate of drug-likeness (QED) is 0.784. The number of carbonyl (C=O) groups excluding carboxylic acids is 2. The van der Waals surface area contributed by atoms with E-state index in [0.29, 0.717) is 32.7 Å². The van der Waals surface area contributed by atoms with Crippen LogP contribution in [0.25, 0.3) is 10.2 Å². The lowest BCUT2D eigenvalue weighted by molar-refractivity contribution is -0.124. The van der Waals surface area contributed by atoms with E-state index in [1.807, 2.05) is 39.5 Å². The zero-order valence-electron chi connectivity index (χ0n) is 20.0. The molecule has 2 aromatic heterocycles. The zero-order valence-corrected chi connectivity index (χ0v) is 20.9. The van der Waals surface area contributed by atoms with Gasteiger partial charge in [-0.1, -0.05) is 20.8 Å². The molecule has 0 saturated carbocycles. The van der Waals surface area contributed by atoms with E-state index in [9.17, 15) is 9.59 Å². The summed E-state index contributed by atoms with van der Waals surface area (Å²) in [4.78, 5) is 40.6. The van der Waals surface area contributed by atoms with Crippen LogP contribution < -0.4 is 5.32 Å². The number of carbonyl (C=O) groups is 2. The van der Waals surface area contributed by atoms with Crippen LogP contribution in [-0.4, -0.2) is 69.8 Å². The Balaban J connectivity index is 1.72. The Morgan fingerprint density at radius 2 is 1.61 bits per heavy atom. The summed E-state index contributed by atoms with van der Waals surface area (Å²) in [5.74, 6) is 0.882. The van der Waals surface area contributed by atoms with Crippen LogP contribution in [0.5, 0.6) is 0 Å². The summed E-state index contributed by atoms with van der Waals surface area (Å²) in [5, 5.41) is 4.00. The van der Waals surface area contributed by atoms with E-state index >= 15 is 0 Å². The summed E-state index contributed by atoms with van der Waals surface area (Å²) >= 11 is 1.47. The molecule has 7 nitrogen and oxygen atoms in total. The summed E-state index contributed by atoms with van der Waals surface area (Å²) in [5.41, 5.74) is 1.52. The lowest BCUT2D eigenvalue weighted by Crippen LogP contribution is -2.52. The van der Waals surface area contributed by atoms with Gasteiger partial charge in [0.05, 0.1) is 17.1 Å². The summed E-state index contributed by atoms with van der Waals surface area (Å²) in [6, 6.07) is 0. The van der Waals surface area contributed by atoms with Gasteiger partial charge in [0.25, 0.3) is 5.91 Å². The van der Waals surface area contributed by atoms with E-state index in [0.717, 1.165) is 32.2 Å². The molecule has 2 aromatic rings. The van der Waals surface area contributed by atoms with Crippen LogP contribution in [0.1, 0.15) is 68.3 Å². The molecule has 3 rings (SSSR count). The summed E-state index contributed by atoms with van der Waals surface area (Å²) in [6.07, 6.45) is 0. The topological polar surface area (TPSA) is 78.4 Å². The molecular formula is C23H35N5O2S. The highest BCUT2D eigenvalue weighted by Crippen LogP contribution is 2.34. The van der Waals surface area contributed by atoms with Crippen LogP contribution in [0.2, 0.25) is 0 Å². The van der Waals surface area contributed by atoms with E-state index in [4.69, 9.17) is 9.97 Å². The number of amides is 2. The molecule has 0 atom stereocenters. The van der Waals surface area contributed by atoms with E-state index in [1.54, 1.807) is 0 Å². The van der Waals surface area contributed by atoms with Crippen molar-refractivity contribution in [1.29, 1.82) is 0 Å². The van der Waals surface area contributed by atoms with Crippen molar-refractivity contribution in [2.75, 3.05) is 32.7 Å². The molecule has 1 fully saturated rings. The second kappa shape index (κ2) is 8.47. The molecule has 0 aromatic carbocycles. The Labute approximate surface area is 189 Å². The Bertz CT molecular complexity index is 992. The Kier molecular flexibility index (Phi) is 6.45. The normalized spacial score (nSPS) is 16.1. The fraction of sp³-hybridized carbons (Fsp3) is 0.652. The van der Waals surface area contributed by atoms with Gasteiger partial charge in [-0.05, 0) is 40.2 Å². The van der Waals surface area contributed by atoms with Crippen LogP contribution >= 0.6 is 11.3 Å². The van der Waals surface area contributed by atoms with Gasteiger partial charge in [-0.2, -0.15) is 0 Å². The van der Waals surface area contributed by atoms with Crippen molar-refractivity contribution < 1.29 is 9.59 Å². The van der Waals surface area contributed by atoms with Gasteiger partial charge in [-0.25, -0.2) is 9.97 Å². The van der Waals surface area contributed by atoms with Gasteiger partial charge in [-0.15, -0.1) is 11.3 Å². The first-order valence-electron chi connectivity index (χ1n) is 10.9. The molecule has 3 heterocycles. The molecular weight excluding hydrogens is 410 g/mol. The molecule has 1 saturated heterocycles. The fourth-order valence-corrected chi connectivity index (χ4v) is 4.99. The number of aryl methyl sites for hydroxylation is 2. The molecule has 0 aliphatic carbocycles. The van der Waals surface area contributed by atoms with Crippen molar-refractivity contribution in [3.63, 3.8) is 0 Å². The second-order valence-corrected chi connectivity index (χ2v) is 11.5. The van der Waals surface area contributed by atoms with Gasteiger partial charge >= 0.3 is 0 Å². The van der Waals surface area contributed by atoms with Crippen molar-refractivity contribution in [3.8, 4) is 0 Å². The van der Waals surface area contributed by atoms with Gasteiger partial charge in [0.1, 0.15) is 10.7 Å². The lowest BCUT2D eigenvalue weighted by Gasteiger charge is -2.34. The third-order valence-corrected chi connectivity index (χ3v) is 6.55. The largest absolute Gasteiger partial charge is 0.350 e. The predicted octanol–water partition coefficient (Wildman–Crippen LogP) is 3.28. The molecule has 0 unspecified atom stereocenters. The first kappa shape index (κ1) is 23.6. The first-order chi connectivity index (χ1) is 14.3. The number of nitrogens with one attached hydrogen (secondary N) is 1. The third-order valence-electron chi connectivity index (χ3n) is 5.38. The van der Waals surface area contributed by atoms with Crippen LogP contribution in [0.15, 0.2) is 0 Å². The van der Waals surface area contributed by atoms with E-state index in [2.05, 4.69) is 31.0 Å². The van der Waals surface area contributed by atoms with Crippen molar-refractivity contribution in [1.82, 2.24) is 25.1 Å². The molecule has 1 N–H and O–H groups in total. The first-order valence-corrected chi connectivity index (χ1v) is 11.7. The Morgan fingerprint density at radius 3 is 2.16 bits per heavy atom. The van der Waals surface area contributed by atoms with E-state index < -0.39 is 0 Å². The van der Waals surface area contributed by atoms with Crippen molar-refractivity contribution >= 4 is 33.4 Å². The molecule has 1 aliphatic heterocycles. The van der Waals surface area contributed by atoms with Crippen molar-refractivity contribution in [2.45, 2.75) is 66.3 Å². The van der Waals surface area contributed by atoms with Crippen molar-refractivity contribution in [3.05, 3.63) is 22.0 Å². The minimum Gasteiger partial charge on any atom is -0.350 e. The van der Waals surface area contributed by atoms with Gasteiger partial charge in [0.15, 0.2) is 0 Å². The maximum Gasteiger partial charge on any atom is 0.264 e. The molecule has 170 valence electrons. The third kappa shape index (κ3) is 5.41. The Hall–Kier alpha value is -2.06. The van der Waals surface area contributed by atoms with Gasteiger partial charge in [-0.3, -0.25) is 14.5 Å². The monoisotopic (exact) mass is 445 g/mol. The minimum atomic E-state index is -0.235. The molecule has 0 bridgehead atoms. The minimum absolute atomic E-state index is 0.0244. The molecule has 0 radical (unpaired) electrons. The number of nitrogens with zero attached hydrogens (tertiary/aromatic N) is 4. The molecule has 1 aliphatic rings. The van der Waals surface area contributed by atoms with E-state index in [-0.39, 0.29) is 22.8 Å². The van der Waals surface area contributed by atoms with Crippen LogP contribution in [0, 0.1) is 13.8 Å². The highest BCUT2D eigenvalue weighted by Gasteiger charge is 2.28. The maximum atomic E-state index is 13.3. The van der Waals surface area contributed by atoms with Crippen LogP contribution in [0.3, 0.4) is 0 Å². The lowest BCUT2D eigenvalue weighted by atomic mass is 9.95. The number of fused-ring (bicyclic) bond motifs is 1. The zero-order chi connectivity index (χ0) is 23.1.